The van der Waals surface area contributed by atoms with Gasteiger partial charge in [-0.2, -0.15) is 0 Å². The molecule has 0 aromatic heterocycles. The number of phenolic OH excluding ortho intramolecular Hbond substituents is 1. The molecule has 1 N–H and O–H groups in total. The quantitative estimate of drug-likeness (QED) is 0.733. The zero-order valence-corrected chi connectivity index (χ0v) is 16.8. The van der Waals surface area contributed by atoms with Crippen LogP contribution in [0.1, 0.15) is 54.9 Å². The van der Waals surface area contributed by atoms with Crippen LogP contribution in [-0.4, -0.2) is 28.6 Å². The van der Waals surface area contributed by atoms with E-state index in [0.29, 0.717) is 29.7 Å². The van der Waals surface area contributed by atoms with E-state index >= 15 is 0 Å². The van der Waals surface area contributed by atoms with Gasteiger partial charge in [-0.05, 0) is 73.8 Å². The molecule has 1 atom stereocenters. The number of nitrogens with zero attached hydrogens (tertiary/aromatic N) is 1. The highest BCUT2D eigenvalue weighted by molar-refractivity contribution is 5.98. The van der Waals surface area contributed by atoms with Crippen LogP contribution in [0.5, 0.6) is 11.5 Å². The highest BCUT2D eigenvalue weighted by atomic mass is 19.1. The molecule has 29 heavy (non-hydrogen) atoms. The van der Waals surface area contributed by atoms with Gasteiger partial charge in [0.05, 0.1) is 0 Å². The van der Waals surface area contributed by atoms with Crippen LogP contribution < -0.4 is 4.74 Å². The van der Waals surface area contributed by atoms with E-state index in [2.05, 4.69) is 6.92 Å². The lowest BCUT2D eigenvalue weighted by Gasteiger charge is -2.35. The van der Waals surface area contributed by atoms with E-state index in [9.17, 15) is 14.3 Å². The number of carbonyl (C=O) groups is 1. The number of carbonyl (C=O) groups excluding carboxylic acids is 1. The van der Waals surface area contributed by atoms with Crippen molar-refractivity contribution in [2.45, 2.75) is 51.7 Å². The second-order valence-corrected chi connectivity index (χ2v) is 8.33. The van der Waals surface area contributed by atoms with Gasteiger partial charge in [0, 0.05) is 24.7 Å². The highest BCUT2D eigenvalue weighted by Gasteiger charge is 2.33. The van der Waals surface area contributed by atoms with Crippen molar-refractivity contribution in [3.8, 4) is 11.5 Å². The number of benzene rings is 2. The Morgan fingerprint density at radius 3 is 2.69 bits per heavy atom. The van der Waals surface area contributed by atoms with Crippen molar-refractivity contribution in [1.82, 2.24) is 4.90 Å². The van der Waals surface area contributed by atoms with Gasteiger partial charge in [-0.25, -0.2) is 4.39 Å². The Hall–Kier alpha value is -2.56. The van der Waals surface area contributed by atoms with Crippen LogP contribution in [0.2, 0.25) is 0 Å². The number of ether oxygens (including phenoxy) is 1. The minimum atomic E-state index is -0.273. The van der Waals surface area contributed by atoms with Gasteiger partial charge in [0.15, 0.2) is 0 Å². The normalized spacial score (nSPS) is 22.4. The first-order valence-electron chi connectivity index (χ1n) is 10.6. The fourth-order valence-corrected chi connectivity index (χ4v) is 4.78. The summed E-state index contributed by atoms with van der Waals surface area (Å²) in [7, 11) is 0. The topological polar surface area (TPSA) is 49.8 Å². The third kappa shape index (κ3) is 4.39. The number of phenols is 1. The second kappa shape index (κ2) is 8.44. The molecule has 0 spiro atoms. The lowest BCUT2D eigenvalue weighted by atomic mass is 9.78. The largest absolute Gasteiger partial charge is 0.508 e. The molecule has 1 unspecified atom stereocenters. The van der Waals surface area contributed by atoms with E-state index in [-0.39, 0.29) is 23.6 Å². The monoisotopic (exact) mass is 397 g/mol. The van der Waals surface area contributed by atoms with E-state index in [4.69, 9.17) is 4.74 Å². The van der Waals surface area contributed by atoms with Crippen molar-refractivity contribution < 1.29 is 19.0 Å². The van der Waals surface area contributed by atoms with Crippen molar-refractivity contribution in [3.05, 3.63) is 59.4 Å². The van der Waals surface area contributed by atoms with E-state index in [1.165, 1.54) is 12.1 Å². The molecule has 0 radical (unpaired) electrons. The van der Waals surface area contributed by atoms with Crippen LogP contribution in [-0.2, 0) is 6.54 Å². The molecule has 1 fully saturated rings. The average Bonchev–Trinajstić information content (AvgIpc) is 3.02. The molecule has 0 saturated heterocycles. The van der Waals surface area contributed by atoms with Crippen molar-refractivity contribution in [2.75, 3.05) is 6.54 Å². The third-order valence-electron chi connectivity index (χ3n) is 6.35. The zero-order valence-electron chi connectivity index (χ0n) is 16.8. The Morgan fingerprint density at radius 2 is 1.97 bits per heavy atom. The van der Waals surface area contributed by atoms with Gasteiger partial charge < -0.3 is 14.7 Å². The summed E-state index contributed by atoms with van der Waals surface area (Å²) < 4.78 is 19.5. The van der Waals surface area contributed by atoms with Crippen LogP contribution in [0.15, 0.2) is 42.5 Å². The fourth-order valence-electron chi connectivity index (χ4n) is 4.78. The first kappa shape index (κ1) is 19.7. The minimum absolute atomic E-state index is 0.0268. The van der Waals surface area contributed by atoms with Crippen molar-refractivity contribution >= 4 is 5.91 Å². The van der Waals surface area contributed by atoms with Crippen molar-refractivity contribution in [3.63, 3.8) is 0 Å². The SMILES string of the molecule is CCC(Oc1cccc(F)c1)[C@H]1CC[C@H](CN2Cc3ccc(O)cc3C2=O)CC1. The maximum absolute atomic E-state index is 13.4. The molecule has 1 amide bonds. The molecule has 4 rings (SSSR count). The first-order chi connectivity index (χ1) is 14.0. The Labute approximate surface area is 171 Å². The number of rotatable bonds is 6. The number of fused-ring (bicyclic) bond motifs is 1. The van der Waals surface area contributed by atoms with Gasteiger partial charge in [-0.3, -0.25) is 4.79 Å². The standard InChI is InChI=1S/C24H28FNO3/c1-2-23(29-21-5-3-4-19(25)12-21)17-8-6-16(7-9-17)14-26-15-18-10-11-20(27)13-22(18)24(26)28/h3-5,10-13,16-17,23,27H,2,6-9,14-15H2,1H3/t16-,17-,23?. The molecule has 154 valence electrons. The zero-order chi connectivity index (χ0) is 20.4. The molecule has 1 aliphatic heterocycles. The van der Waals surface area contributed by atoms with Gasteiger partial charge in [0.2, 0.25) is 0 Å². The highest BCUT2D eigenvalue weighted by Crippen LogP contribution is 2.35. The molecule has 2 aromatic carbocycles. The molecule has 1 aliphatic carbocycles. The molecule has 1 saturated carbocycles. The number of hydrogen-bond donors (Lipinski definition) is 1. The smallest absolute Gasteiger partial charge is 0.254 e. The molecule has 1 heterocycles. The van der Waals surface area contributed by atoms with Crippen molar-refractivity contribution in [1.29, 1.82) is 0 Å². The number of aromatic hydroxyl groups is 1. The second-order valence-electron chi connectivity index (χ2n) is 8.33. The number of halogens is 1. The molecular weight excluding hydrogens is 369 g/mol. The van der Waals surface area contributed by atoms with Gasteiger partial charge >= 0.3 is 0 Å². The molecule has 2 aliphatic rings. The molecule has 4 nitrogen and oxygen atoms in total. The average molecular weight is 397 g/mol. The summed E-state index contributed by atoms with van der Waals surface area (Å²) in [5, 5.41) is 9.64. The summed E-state index contributed by atoms with van der Waals surface area (Å²) >= 11 is 0. The van der Waals surface area contributed by atoms with Crippen LogP contribution in [0.25, 0.3) is 0 Å². The summed E-state index contributed by atoms with van der Waals surface area (Å²) in [5.74, 6) is 1.45. The first-order valence-corrected chi connectivity index (χ1v) is 10.6. The summed E-state index contributed by atoms with van der Waals surface area (Å²) in [4.78, 5) is 14.5. The summed E-state index contributed by atoms with van der Waals surface area (Å²) in [6.07, 6.45) is 5.26. The third-order valence-corrected chi connectivity index (χ3v) is 6.35. The maximum Gasteiger partial charge on any atom is 0.254 e. The molecular formula is C24H28FNO3. The van der Waals surface area contributed by atoms with Gasteiger partial charge in [0.1, 0.15) is 23.4 Å². The van der Waals surface area contributed by atoms with E-state index < -0.39 is 0 Å². The van der Waals surface area contributed by atoms with Crippen LogP contribution in [0.4, 0.5) is 4.39 Å². The number of amides is 1. The van der Waals surface area contributed by atoms with Gasteiger partial charge in [-0.15, -0.1) is 0 Å². The maximum atomic E-state index is 13.4. The molecule has 0 bridgehead atoms. The summed E-state index contributed by atoms with van der Waals surface area (Å²) in [5.41, 5.74) is 1.63. The molecule has 5 heteroatoms. The summed E-state index contributed by atoms with van der Waals surface area (Å²) in [6, 6.07) is 11.4. The predicted molar refractivity (Wildman–Crippen MR) is 109 cm³/mol. The Kier molecular flexibility index (Phi) is 5.74. The lowest BCUT2D eigenvalue weighted by molar-refractivity contribution is 0.0655. The van der Waals surface area contributed by atoms with E-state index in [1.807, 2.05) is 17.0 Å². The predicted octanol–water partition coefficient (Wildman–Crippen LogP) is 5.15. The Bertz CT molecular complexity index is 876. The Morgan fingerprint density at radius 1 is 1.17 bits per heavy atom. The lowest BCUT2D eigenvalue weighted by Crippen LogP contribution is -2.35. The van der Waals surface area contributed by atoms with Gasteiger partial charge in [-0.1, -0.05) is 19.1 Å². The Balaban J connectivity index is 1.31. The van der Waals surface area contributed by atoms with Gasteiger partial charge in [0.25, 0.3) is 5.91 Å². The van der Waals surface area contributed by atoms with E-state index in [1.54, 1.807) is 18.2 Å². The fraction of sp³-hybridized carbons (Fsp3) is 0.458. The van der Waals surface area contributed by atoms with Crippen LogP contribution in [0, 0.1) is 17.7 Å². The number of hydrogen-bond acceptors (Lipinski definition) is 3. The van der Waals surface area contributed by atoms with Crippen LogP contribution in [0.3, 0.4) is 0 Å². The van der Waals surface area contributed by atoms with E-state index in [0.717, 1.165) is 44.2 Å². The minimum Gasteiger partial charge on any atom is -0.508 e. The van der Waals surface area contributed by atoms with Crippen molar-refractivity contribution in [2.24, 2.45) is 11.8 Å². The molecule has 2 aromatic rings. The summed E-state index contributed by atoms with van der Waals surface area (Å²) in [6.45, 7) is 3.52. The van der Waals surface area contributed by atoms with Crippen LogP contribution >= 0.6 is 0 Å².